The zero-order valence-electron chi connectivity index (χ0n) is 19.1. The van der Waals surface area contributed by atoms with Crippen molar-refractivity contribution in [3.63, 3.8) is 0 Å². The van der Waals surface area contributed by atoms with Crippen LogP contribution in [0.3, 0.4) is 0 Å². The lowest BCUT2D eigenvalue weighted by Gasteiger charge is -2.31. The number of ether oxygens (including phenoxy) is 2. The van der Waals surface area contributed by atoms with Gasteiger partial charge in [0.25, 0.3) is 0 Å². The lowest BCUT2D eigenvalue weighted by Crippen LogP contribution is -2.42. The molecule has 1 aromatic rings. The largest absolute Gasteiger partial charge is 0.444 e. The molecule has 0 radical (unpaired) electrons. The van der Waals surface area contributed by atoms with Gasteiger partial charge in [-0.3, -0.25) is 4.99 Å². The van der Waals surface area contributed by atoms with Gasteiger partial charge in [-0.2, -0.15) is 0 Å². The van der Waals surface area contributed by atoms with Crippen LogP contribution in [0.1, 0.15) is 57.8 Å². The fourth-order valence-electron chi connectivity index (χ4n) is 3.36. The number of aryl methyl sites for hydroxylation is 1. The van der Waals surface area contributed by atoms with Gasteiger partial charge in [0.2, 0.25) is 0 Å². The van der Waals surface area contributed by atoms with Crippen LogP contribution >= 0.6 is 0 Å². The summed E-state index contributed by atoms with van der Waals surface area (Å²) in [4.78, 5) is 16.5. The Balaban J connectivity index is 1.87. The maximum atomic E-state index is 11.7. The van der Waals surface area contributed by atoms with Crippen molar-refractivity contribution in [2.75, 3.05) is 32.8 Å². The second kappa shape index (κ2) is 11.8. The molecular formula is C23H38N4O3. The summed E-state index contributed by atoms with van der Waals surface area (Å²) in [6.07, 6.45) is 1.83. The number of guanidine groups is 1. The normalized spacial score (nSPS) is 19.8. The minimum absolute atomic E-state index is 0.0832. The van der Waals surface area contributed by atoms with Crippen molar-refractivity contribution in [1.29, 1.82) is 0 Å². The number of hydrogen-bond donors (Lipinski definition) is 3. The zero-order chi connectivity index (χ0) is 22.0. The Morgan fingerprint density at radius 1 is 1.17 bits per heavy atom. The smallest absolute Gasteiger partial charge is 0.407 e. The number of carbonyl (C=O) groups excluding carboxylic acids is 1. The quantitative estimate of drug-likeness (QED) is 0.358. The Morgan fingerprint density at radius 3 is 2.53 bits per heavy atom. The molecule has 2 rings (SSSR count). The molecule has 2 atom stereocenters. The Kier molecular flexibility index (Phi) is 9.43. The fourth-order valence-corrected chi connectivity index (χ4v) is 3.36. The SMILES string of the molecule is CCNC(=NCC1CCCOC1c1ccc(C)cc1)NCCNC(=O)OC(C)(C)C. The molecule has 2 unspecified atom stereocenters. The van der Waals surface area contributed by atoms with Gasteiger partial charge in [0.15, 0.2) is 5.96 Å². The first kappa shape index (κ1) is 24.0. The van der Waals surface area contributed by atoms with Gasteiger partial charge >= 0.3 is 6.09 Å². The van der Waals surface area contributed by atoms with Crippen LogP contribution in [0.15, 0.2) is 29.3 Å². The van der Waals surface area contributed by atoms with Gasteiger partial charge in [-0.05, 0) is 53.0 Å². The van der Waals surface area contributed by atoms with E-state index in [4.69, 9.17) is 14.5 Å². The minimum atomic E-state index is -0.496. The first-order valence-electron chi connectivity index (χ1n) is 11.0. The molecule has 1 aliphatic rings. The number of nitrogens with one attached hydrogen (secondary N) is 3. The molecule has 0 saturated carbocycles. The Bertz CT molecular complexity index is 683. The fraction of sp³-hybridized carbons (Fsp3) is 0.652. The number of carbonyl (C=O) groups is 1. The van der Waals surface area contributed by atoms with Crippen LogP contribution in [0.4, 0.5) is 4.79 Å². The highest BCUT2D eigenvalue weighted by atomic mass is 16.6. The van der Waals surface area contributed by atoms with Crippen molar-refractivity contribution in [3.8, 4) is 0 Å². The molecule has 7 heteroatoms. The summed E-state index contributed by atoms with van der Waals surface area (Å²) in [5, 5.41) is 9.28. The molecule has 0 spiro atoms. The molecule has 168 valence electrons. The number of rotatable bonds is 7. The maximum absolute atomic E-state index is 11.7. The monoisotopic (exact) mass is 418 g/mol. The van der Waals surface area contributed by atoms with Crippen molar-refractivity contribution in [3.05, 3.63) is 35.4 Å². The standard InChI is InChI=1S/C23H38N4O3/c1-6-24-21(25-13-14-26-22(28)30-23(3,4)5)27-16-19-8-7-15-29-20(19)18-11-9-17(2)10-12-18/h9-12,19-20H,6-8,13-16H2,1-5H3,(H,26,28)(H2,24,25,27). The van der Waals surface area contributed by atoms with E-state index < -0.39 is 11.7 Å². The number of aliphatic imine (C=N–C) groups is 1. The van der Waals surface area contributed by atoms with E-state index >= 15 is 0 Å². The van der Waals surface area contributed by atoms with E-state index in [0.29, 0.717) is 25.6 Å². The molecule has 1 aliphatic heterocycles. The lowest BCUT2D eigenvalue weighted by molar-refractivity contribution is -0.0250. The third-order valence-corrected chi connectivity index (χ3v) is 4.76. The lowest BCUT2D eigenvalue weighted by atomic mass is 9.89. The molecule has 1 saturated heterocycles. The van der Waals surface area contributed by atoms with Crippen molar-refractivity contribution in [2.24, 2.45) is 10.9 Å². The van der Waals surface area contributed by atoms with Crippen LogP contribution in [0.2, 0.25) is 0 Å². The van der Waals surface area contributed by atoms with Gasteiger partial charge in [0.05, 0.1) is 6.10 Å². The molecule has 0 aliphatic carbocycles. The first-order valence-corrected chi connectivity index (χ1v) is 11.0. The van der Waals surface area contributed by atoms with E-state index in [0.717, 1.165) is 32.0 Å². The van der Waals surface area contributed by atoms with Crippen LogP contribution in [-0.4, -0.2) is 50.4 Å². The maximum Gasteiger partial charge on any atom is 0.407 e. The van der Waals surface area contributed by atoms with Crippen LogP contribution in [0.5, 0.6) is 0 Å². The van der Waals surface area contributed by atoms with Gasteiger partial charge in [0.1, 0.15) is 5.60 Å². The van der Waals surface area contributed by atoms with Gasteiger partial charge in [0, 0.05) is 38.7 Å². The van der Waals surface area contributed by atoms with Crippen LogP contribution in [0, 0.1) is 12.8 Å². The molecule has 1 amide bonds. The molecule has 1 heterocycles. The summed E-state index contributed by atoms with van der Waals surface area (Å²) in [5.74, 6) is 1.09. The van der Waals surface area contributed by atoms with Crippen LogP contribution < -0.4 is 16.0 Å². The molecule has 3 N–H and O–H groups in total. The summed E-state index contributed by atoms with van der Waals surface area (Å²) >= 11 is 0. The van der Waals surface area contributed by atoms with Gasteiger partial charge in [-0.25, -0.2) is 4.79 Å². The van der Waals surface area contributed by atoms with Crippen molar-refractivity contribution >= 4 is 12.1 Å². The van der Waals surface area contributed by atoms with E-state index in [1.807, 2.05) is 27.7 Å². The first-order chi connectivity index (χ1) is 14.3. The zero-order valence-corrected chi connectivity index (χ0v) is 19.1. The highest BCUT2D eigenvalue weighted by Crippen LogP contribution is 2.33. The predicted molar refractivity (Wildman–Crippen MR) is 121 cm³/mol. The van der Waals surface area contributed by atoms with E-state index in [1.165, 1.54) is 11.1 Å². The summed E-state index contributed by atoms with van der Waals surface area (Å²) in [6.45, 7) is 13.0. The summed E-state index contributed by atoms with van der Waals surface area (Å²) in [6, 6.07) is 8.59. The highest BCUT2D eigenvalue weighted by molar-refractivity contribution is 5.79. The Hall–Kier alpha value is -2.28. The van der Waals surface area contributed by atoms with Gasteiger partial charge < -0.3 is 25.4 Å². The number of benzene rings is 1. The topological polar surface area (TPSA) is 84.0 Å². The second-order valence-electron chi connectivity index (χ2n) is 8.68. The Labute approximate surface area is 181 Å². The van der Waals surface area contributed by atoms with E-state index in [9.17, 15) is 4.79 Å². The molecule has 7 nitrogen and oxygen atoms in total. The molecule has 0 aromatic heterocycles. The molecule has 1 fully saturated rings. The van der Waals surface area contributed by atoms with Crippen molar-refractivity contribution in [1.82, 2.24) is 16.0 Å². The second-order valence-corrected chi connectivity index (χ2v) is 8.68. The van der Waals surface area contributed by atoms with Gasteiger partial charge in [-0.1, -0.05) is 29.8 Å². The van der Waals surface area contributed by atoms with Crippen molar-refractivity contribution < 1.29 is 14.3 Å². The van der Waals surface area contributed by atoms with Gasteiger partial charge in [-0.15, -0.1) is 0 Å². The summed E-state index contributed by atoms with van der Waals surface area (Å²) < 4.78 is 11.3. The molecular weight excluding hydrogens is 380 g/mol. The van der Waals surface area contributed by atoms with E-state index in [-0.39, 0.29) is 6.10 Å². The summed E-state index contributed by atoms with van der Waals surface area (Å²) in [5.41, 5.74) is 1.98. The Morgan fingerprint density at radius 2 is 1.87 bits per heavy atom. The predicted octanol–water partition coefficient (Wildman–Crippen LogP) is 3.54. The minimum Gasteiger partial charge on any atom is -0.444 e. The third kappa shape index (κ3) is 8.61. The highest BCUT2D eigenvalue weighted by Gasteiger charge is 2.27. The average molecular weight is 419 g/mol. The third-order valence-electron chi connectivity index (χ3n) is 4.76. The average Bonchev–Trinajstić information content (AvgIpc) is 2.69. The number of nitrogens with zero attached hydrogens (tertiary/aromatic N) is 1. The molecule has 30 heavy (non-hydrogen) atoms. The van der Waals surface area contributed by atoms with Crippen LogP contribution in [-0.2, 0) is 9.47 Å². The van der Waals surface area contributed by atoms with Crippen LogP contribution in [0.25, 0.3) is 0 Å². The molecule has 1 aromatic carbocycles. The number of alkyl carbamates (subject to hydrolysis) is 1. The molecule has 0 bridgehead atoms. The van der Waals surface area contributed by atoms with E-state index in [2.05, 4.69) is 47.1 Å². The number of amides is 1. The summed E-state index contributed by atoms with van der Waals surface area (Å²) in [7, 11) is 0. The number of hydrogen-bond acceptors (Lipinski definition) is 4. The van der Waals surface area contributed by atoms with Crippen molar-refractivity contribution in [2.45, 2.75) is 59.2 Å². The van der Waals surface area contributed by atoms with E-state index in [1.54, 1.807) is 0 Å².